The van der Waals surface area contributed by atoms with Crippen molar-refractivity contribution >= 4 is 27.6 Å². The maximum absolute atomic E-state index is 11.3. The van der Waals surface area contributed by atoms with Crippen LogP contribution in [0.5, 0.6) is 0 Å². The lowest BCUT2D eigenvalue weighted by molar-refractivity contribution is 0.193. The molecule has 0 unspecified atom stereocenters. The summed E-state index contributed by atoms with van der Waals surface area (Å²) in [6.07, 6.45) is 3.04. The van der Waals surface area contributed by atoms with Gasteiger partial charge in [0.2, 0.25) is 10.0 Å². The van der Waals surface area contributed by atoms with Crippen LogP contribution in [0.25, 0.3) is 11.3 Å². The van der Waals surface area contributed by atoms with Crippen LogP contribution in [0.3, 0.4) is 0 Å². The average Bonchev–Trinajstić information content (AvgIpc) is 2.68. The number of rotatable bonds is 7. The molecule has 1 aromatic carbocycles. The number of sulfonamides is 1. The van der Waals surface area contributed by atoms with Crippen LogP contribution in [0.1, 0.15) is 19.3 Å². The maximum Gasteiger partial charge on any atom is 0.404 e. The molecule has 1 amide bonds. The largest absolute Gasteiger partial charge is 0.465 e. The van der Waals surface area contributed by atoms with E-state index >= 15 is 0 Å². The number of nitrogens with one attached hydrogen (secondary N) is 2. The van der Waals surface area contributed by atoms with E-state index in [1.807, 2.05) is 30.3 Å². The lowest BCUT2D eigenvalue weighted by Crippen LogP contribution is -2.35. The first-order valence-corrected chi connectivity index (χ1v) is 11.5. The van der Waals surface area contributed by atoms with Gasteiger partial charge in [-0.05, 0) is 49.4 Å². The summed E-state index contributed by atoms with van der Waals surface area (Å²) in [7, 11) is -3.30. The normalized spacial score (nSPS) is 15.1. The summed E-state index contributed by atoms with van der Waals surface area (Å²) in [6, 6.07) is 13.1. The topological polar surface area (TPSA) is 112 Å². The number of anilines is 2. The summed E-state index contributed by atoms with van der Waals surface area (Å²) >= 11 is 0. The van der Waals surface area contributed by atoms with Crippen LogP contribution in [0.15, 0.2) is 42.5 Å². The highest BCUT2D eigenvalue weighted by molar-refractivity contribution is 7.92. The Labute approximate surface area is 171 Å². The number of hydrogen-bond acceptors (Lipinski definition) is 5. The lowest BCUT2D eigenvalue weighted by Gasteiger charge is -2.33. The van der Waals surface area contributed by atoms with Crippen LogP contribution in [-0.4, -0.2) is 50.5 Å². The Morgan fingerprint density at radius 1 is 1.17 bits per heavy atom. The highest BCUT2D eigenvalue weighted by Crippen LogP contribution is 2.26. The van der Waals surface area contributed by atoms with Crippen molar-refractivity contribution in [1.82, 2.24) is 10.3 Å². The summed E-state index contributed by atoms with van der Waals surface area (Å²) in [5, 5.41) is 11.1. The van der Waals surface area contributed by atoms with Crippen molar-refractivity contribution in [2.24, 2.45) is 5.92 Å². The van der Waals surface area contributed by atoms with E-state index in [0.29, 0.717) is 18.2 Å². The zero-order valence-electron chi connectivity index (χ0n) is 16.3. The quantitative estimate of drug-likeness (QED) is 0.637. The fourth-order valence-corrected chi connectivity index (χ4v) is 4.08. The van der Waals surface area contributed by atoms with E-state index in [9.17, 15) is 13.2 Å². The van der Waals surface area contributed by atoms with Gasteiger partial charge in [-0.1, -0.05) is 18.2 Å². The second-order valence-electron chi connectivity index (χ2n) is 7.28. The number of hydrogen-bond donors (Lipinski definition) is 3. The van der Waals surface area contributed by atoms with Crippen molar-refractivity contribution < 1.29 is 18.3 Å². The molecule has 0 saturated carbocycles. The lowest BCUT2D eigenvalue weighted by atomic mass is 9.93. The highest BCUT2D eigenvalue weighted by atomic mass is 32.2. The molecule has 0 atom stereocenters. The van der Waals surface area contributed by atoms with Gasteiger partial charge in [0.1, 0.15) is 5.82 Å². The standard InChI is InChI=1S/C20H26N4O4S/c1-29(27,28)23-17-7-5-16(6-8-17)18-3-2-4-19(22-18)24-13-10-15(11-14-24)9-12-21-20(25)26/h2-8,15,21,23H,9-14H2,1H3,(H,25,26). The van der Waals surface area contributed by atoms with Crippen molar-refractivity contribution in [2.75, 3.05) is 35.5 Å². The van der Waals surface area contributed by atoms with Gasteiger partial charge in [-0.3, -0.25) is 4.72 Å². The number of benzene rings is 1. The smallest absolute Gasteiger partial charge is 0.404 e. The van der Waals surface area contributed by atoms with Crippen molar-refractivity contribution in [2.45, 2.75) is 19.3 Å². The molecule has 1 aromatic heterocycles. The SMILES string of the molecule is CS(=O)(=O)Nc1ccc(-c2cccc(N3CCC(CCNC(=O)O)CC3)n2)cc1. The first kappa shape index (κ1) is 20.9. The molecule has 8 nitrogen and oxygen atoms in total. The fraction of sp³-hybridized carbons (Fsp3) is 0.400. The number of pyridine rings is 1. The molecule has 2 aromatic rings. The van der Waals surface area contributed by atoms with E-state index in [1.54, 1.807) is 12.1 Å². The van der Waals surface area contributed by atoms with Gasteiger partial charge in [-0.15, -0.1) is 0 Å². The highest BCUT2D eigenvalue weighted by Gasteiger charge is 2.20. The summed E-state index contributed by atoms with van der Waals surface area (Å²) in [4.78, 5) is 17.6. The predicted molar refractivity (Wildman–Crippen MR) is 114 cm³/mol. The van der Waals surface area contributed by atoms with Crippen molar-refractivity contribution in [3.8, 4) is 11.3 Å². The number of piperidine rings is 1. The molecule has 9 heteroatoms. The second kappa shape index (κ2) is 9.13. The van der Waals surface area contributed by atoms with Crippen LogP contribution in [0.4, 0.5) is 16.3 Å². The molecule has 0 radical (unpaired) electrons. The molecule has 156 valence electrons. The molecule has 1 aliphatic rings. The Kier molecular flexibility index (Phi) is 6.58. The molecular weight excluding hydrogens is 392 g/mol. The van der Waals surface area contributed by atoms with Crippen LogP contribution >= 0.6 is 0 Å². The van der Waals surface area contributed by atoms with Crippen molar-refractivity contribution in [3.63, 3.8) is 0 Å². The zero-order chi connectivity index (χ0) is 20.9. The minimum Gasteiger partial charge on any atom is -0.465 e. The maximum atomic E-state index is 11.3. The molecule has 0 aliphatic carbocycles. The molecule has 2 heterocycles. The minimum absolute atomic E-state index is 0.498. The molecular formula is C20H26N4O4S. The molecule has 0 spiro atoms. The molecule has 1 saturated heterocycles. The van der Waals surface area contributed by atoms with Crippen LogP contribution in [0.2, 0.25) is 0 Å². The Morgan fingerprint density at radius 3 is 2.48 bits per heavy atom. The molecule has 0 bridgehead atoms. The summed E-state index contributed by atoms with van der Waals surface area (Å²) in [5.41, 5.74) is 2.27. The molecule has 3 N–H and O–H groups in total. The van der Waals surface area contributed by atoms with Crippen molar-refractivity contribution in [1.29, 1.82) is 0 Å². The Morgan fingerprint density at radius 2 is 1.86 bits per heavy atom. The number of nitrogens with zero attached hydrogens (tertiary/aromatic N) is 2. The van der Waals surface area contributed by atoms with Crippen LogP contribution in [0, 0.1) is 5.92 Å². The molecule has 3 rings (SSSR count). The third-order valence-corrected chi connectivity index (χ3v) is 5.59. The van der Waals surface area contributed by atoms with Gasteiger partial charge in [-0.2, -0.15) is 0 Å². The monoisotopic (exact) mass is 418 g/mol. The number of carbonyl (C=O) groups is 1. The van der Waals surface area contributed by atoms with E-state index < -0.39 is 16.1 Å². The molecule has 29 heavy (non-hydrogen) atoms. The van der Waals surface area contributed by atoms with E-state index in [1.165, 1.54) is 0 Å². The average molecular weight is 419 g/mol. The Hall–Kier alpha value is -2.81. The van der Waals surface area contributed by atoms with E-state index in [0.717, 1.165) is 55.7 Å². The van der Waals surface area contributed by atoms with Gasteiger partial charge in [-0.25, -0.2) is 18.2 Å². The molecule has 1 fully saturated rings. The van der Waals surface area contributed by atoms with Gasteiger partial charge in [0.25, 0.3) is 0 Å². The third-order valence-electron chi connectivity index (χ3n) is 4.99. The Bertz CT molecular complexity index is 939. The van der Waals surface area contributed by atoms with Gasteiger partial charge in [0.15, 0.2) is 0 Å². The number of amides is 1. The van der Waals surface area contributed by atoms with Gasteiger partial charge in [0, 0.05) is 30.9 Å². The third kappa shape index (κ3) is 6.35. The number of aromatic nitrogens is 1. The number of carboxylic acid groups (broad SMARTS) is 1. The van der Waals surface area contributed by atoms with E-state index in [2.05, 4.69) is 14.9 Å². The van der Waals surface area contributed by atoms with Gasteiger partial charge < -0.3 is 15.3 Å². The van der Waals surface area contributed by atoms with Gasteiger partial charge >= 0.3 is 6.09 Å². The van der Waals surface area contributed by atoms with Crippen LogP contribution in [-0.2, 0) is 10.0 Å². The second-order valence-corrected chi connectivity index (χ2v) is 9.03. The Balaban J connectivity index is 1.61. The summed E-state index contributed by atoms with van der Waals surface area (Å²) in [6.45, 7) is 2.29. The summed E-state index contributed by atoms with van der Waals surface area (Å²) in [5.74, 6) is 1.44. The minimum atomic E-state index is -3.30. The van der Waals surface area contributed by atoms with E-state index in [4.69, 9.17) is 10.1 Å². The van der Waals surface area contributed by atoms with Gasteiger partial charge in [0.05, 0.1) is 11.9 Å². The van der Waals surface area contributed by atoms with Crippen LogP contribution < -0.4 is 14.9 Å². The zero-order valence-corrected chi connectivity index (χ0v) is 17.2. The first-order chi connectivity index (χ1) is 13.8. The first-order valence-electron chi connectivity index (χ1n) is 9.57. The fourth-order valence-electron chi connectivity index (χ4n) is 3.52. The van der Waals surface area contributed by atoms with Crippen molar-refractivity contribution in [3.05, 3.63) is 42.5 Å². The predicted octanol–water partition coefficient (Wildman–Crippen LogP) is 2.99. The molecule has 1 aliphatic heterocycles. The summed E-state index contributed by atoms with van der Waals surface area (Å²) < 4.78 is 25.1. The van der Waals surface area contributed by atoms with E-state index in [-0.39, 0.29) is 0 Å².